The highest BCUT2D eigenvalue weighted by Gasteiger charge is 2.28. The van der Waals surface area contributed by atoms with Gasteiger partial charge in [0.1, 0.15) is 11.6 Å². The van der Waals surface area contributed by atoms with Gasteiger partial charge in [0.05, 0.1) is 13.2 Å². The highest BCUT2D eigenvalue weighted by Crippen LogP contribution is 2.10. The largest absolute Gasteiger partial charge is 0.479 e. The van der Waals surface area contributed by atoms with E-state index in [0.29, 0.717) is 0 Å². The van der Waals surface area contributed by atoms with Gasteiger partial charge >= 0.3 is 12.0 Å². The Kier molecular flexibility index (Phi) is 4.69. The minimum Gasteiger partial charge on any atom is -0.479 e. The Bertz CT molecular complexity index is 553. The van der Waals surface area contributed by atoms with Crippen LogP contribution in [0.5, 0.6) is 0 Å². The number of halogens is 2. The smallest absolute Gasteiger partial charge is 0.334 e. The molecule has 21 heavy (non-hydrogen) atoms. The lowest BCUT2D eigenvalue weighted by Gasteiger charge is -2.30. The summed E-state index contributed by atoms with van der Waals surface area (Å²) in [6.07, 6.45) is -1.06. The van der Waals surface area contributed by atoms with Crippen LogP contribution >= 0.6 is 0 Å². The Hall–Kier alpha value is -2.22. The van der Waals surface area contributed by atoms with E-state index in [1.165, 1.54) is 11.0 Å². The van der Waals surface area contributed by atoms with Gasteiger partial charge in [-0.1, -0.05) is 6.07 Å². The first-order valence-electron chi connectivity index (χ1n) is 6.28. The molecule has 1 aliphatic heterocycles. The molecule has 1 aliphatic rings. The van der Waals surface area contributed by atoms with E-state index in [0.717, 1.165) is 12.1 Å². The molecule has 0 aliphatic carbocycles. The molecule has 1 saturated heterocycles. The molecule has 1 aromatic rings. The van der Waals surface area contributed by atoms with Gasteiger partial charge in [0.2, 0.25) is 0 Å². The number of carbonyl (C=O) groups is 2. The molecule has 1 heterocycles. The van der Waals surface area contributed by atoms with Crippen molar-refractivity contribution in [3.63, 3.8) is 0 Å². The van der Waals surface area contributed by atoms with Gasteiger partial charge in [-0.15, -0.1) is 0 Å². The number of carbonyl (C=O) groups excluding carboxylic acids is 1. The molecule has 114 valence electrons. The van der Waals surface area contributed by atoms with Crippen LogP contribution in [0.25, 0.3) is 0 Å². The van der Waals surface area contributed by atoms with E-state index in [2.05, 4.69) is 5.32 Å². The summed E-state index contributed by atoms with van der Waals surface area (Å²) in [4.78, 5) is 24.0. The minimum absolute atomic E-state index is 0.0763. The van der Waals surface area contributed by atoms with Crippen LogP contribution in [0.1, 0.15) is 5.56 Å². The lowest BCUT2D eigenvalue weighted by atomic mass is 10.2. The van der Waals surface area contributed by atoms with Crippen molar-refractivity contribution in [1.29, 1.82) is 0 Å². The number of morpholine rings is 1. The maximum absolute atomic E-state index is 13.4. The third kappa shape index (κ3) is 3.88. The van der Waals surface area contributed by atoms with Gasteiger partial charge in [0.15, 0.2) is 6.10 Å². The number of nitrogens with one attached hydrogen (secondary N) is 1. The molecule has 0 radical (unpaired) electrons. The summed E-state index contributed by atoms with van der Waals surface area (Å²) >= 11 is 0. The second-order valence-electron chi connectivity index (χ2n) is 4.54. The number of benzene rings is 1. The number of ether oxygens (including phenoxy) is 1. The van der Waals surface area contributed by atoms with Crippen molar-refractivity contribution in [1.82, 2.24) is 10.2 Å². The Morgan fingerprint density at radius 2 is 2.19 bits per heavy atom. The molecule has 0 bridgehead atoms. The van der Waals surface area contributed by atoms with Crippen molar-refractivity contribution in [2.75, 3.05) is 19.7 Å². The summed E-state index contributed by atoms with van der Waals surface area (Å²) in [5.74, 6) is -2.59. The molecule has 2 rings (SSSR count). The van der Waals surface area contributed by atoms with E-state index in [9.17, 15) is 18.4 Å². The molecule has 2 amide bonds. The van der Waals surface area contributed by atoms with Gasteiger partial charge in [-0.2, -0.15) is 0 Å². The summed E-state index contributed by atoms with van der Waals surface area (Å²) in [6, 6.07) is 2.55. The Labute approximate surface area is 119 Å². The van der Waals surface area contributed by atoms with Crippen LogP contribution in [0.15, 0.2) is 18.2 Å². The van der Waals surface area contributed by atoms with Crippen molar-refractivity contribution < 1.29 is 28.2 Å². The van der Waals surface area contributed by atoms with Crippen LogP contribution < -0.4 is 5.32 Å². The number of rotatable bonds is 3. The fourth-order valence-electron chi connectivity index (χ4n) is 1.93. The van der Waals surface area contributed by atoms with Gasteiger partial charge in [-0.3, -0.25) is 0 Å². The third-order valence-electron chi connectivity index (χ3n) is 3.07. The average Bonchev–Trinajstić information content (AvgIpc) is 2.46. The fraction of sp³-hybridized carbons (Fsp3) is 0.385. The zero-order chi connectivity index (χ0) is 15.4. The Morgan fingerprint density at radius 1 is 1.43 bits per heavy atom. The normalized spacial score (nSPS) is 18.4. The number of aliphatic carboxylic acids is 1. The first-order valence-corrected chi connectivity index (χ1v) is 6.28. The summed E-state index contributed by atoms with van der Waals surface area (Å²) in [5.41, 5.74) is 0.146. The molecule has 0 spiro atoms. The highest BCUT2D eigenvalue weighted by atomic mass is 19.1. The molecule has 0 aromatic heterocycles. The van der Waals surface area contributed by atoms with Crippen molar-refractivity contribution in [3.8, 4) is 0 Å². The minimum atomic E-state index is -1.14. The lowest BCUT2D eigenvalue weighted by molar-refractivity contribution is -0.154. The predicted octanol–water partition coefficient (Wildman–Crippen LogP) is 0.960. The van der Waals surface area contributed by atoms with E-state index in [1.807, 2.05) is 0 Å². The van der Waals surface area contributed by atoms with Crippen molar-refractivity contribution >= 4 is 12.0 Å². The van der Waals surface area contributed by atoms with E-state index < -0.39 is 29.7 Å². The van der Waals surface area contributed by atoms with Crippen molar-refractivity contribution in [2.24, 2.45) is 0 Å². The van der Waals surface area contributed by atoms with Gasteiger partial charge in [0, 0.05) is 24.7 Å². The van der Waals surface area contributed by atoms with E-state index >= 15 is 0 Å². The van der Waals surface area contributed by atoms with Crippen LogP contribution in [-0.2, 0) is 16.1 Å². The van der Waals surface area contributed by atoms with Crippen LogP contribution in [-0.4, -0.2) is 47.8 Å². The number of carboxylic acid groups (broad SMARTS) is 1. The number of hydrogen-bond acceptors (Lipinski definition) is 3. The van der Waals surface area contributed by atoms with Gasteiger partial charge in [-0.25, -0.2) is 18.4 Å². The molecule has 1 fully saturated rings. The second-order valence-corrected chi connectivity index (χ2v) is 4.54. The summed E-state index contributed by atoms with van der Waals surface area (Å²) in [7, 11) is 0. The van der Waals surface area contributed by atoms with Gasteiger partial charge in [-0.05, 0) is 6.07 Å². The molecule has 6 nitrogen and oxygen atoms in total. The first kappa shape index (κ1) is 15.2. The first-order chi connectivity index (χ1) is 9.97. The number of carboxylic acids is 1. The molecule has 8 heteroatoms. The monoisotopic (exact) mass is 300 g/mol. The third-order valence-corrected chi connectivity index (χ3v) is 3.07. The average molecular weight is 300 g/mol. The molecule has 2 N–H and O–H groups in total. The molecule has 1 aromatic carbocycles. The van der Waals surface area contributed by atoms with Crippen LogP contribution in [0.4, 0.5) is 13.6 Å². The predicted molar refractivity (Wildman–Crippen MR) is 67.5 cm³/mol. The van der Waals surface area contributed by atoms with Crippen LogP contribution in [0.3, 0.4) is 0 Å². The standard InChI is InChI=1S/C13H14F2N2O4/c14-9-2-1-8(10(15)5-9)6-16-13(20)17-3-4-21-11(7-17)12(18)19/h1-2,5,11H,3-4,6-7H2,(H,16,20)(H,18,19). The van der Waals surface area contributed by atoms with E-state index in [-0.39, 0.29) is 31.8 Å². The number of hydrogen-bond donors (Lipinski definition) is 2. The SMILES string of the molecule is O=C(O)C1CN(C(=O)NCc2ccc(F)cc2F)CCO1. The zero-order valence-corrected chi connectivity index (χ0v) is 11.0. The second kappa shape index (κ2) is 6.49. The van der Waals surface area contributed by atoms with Gasteiger partial charge in [0.25, 0.3) is 0 Å². The quantitative estimate of drug-likeness (QED) is 0.871. The van der Waals surface area contributed by atoms with Crippen molar-refractivity contribution in [3.05, 3.63) is 35.4 Å². The van der Waals surface area contributed by atoms with Gasteiger partial charge < -0.3 is 20.1 Å². The highest BCUT2D eigenvalue weighted by molar-refractivity contribution is 5.77. The molecular weight excluding hydrogens is 286 g/mol. The van der Waals surface area contributed by atoms with Crippen LogP contribution in [0.2, 0.25) is 0 Å². The maximum atomic E-state index is 13.4. The summed E-state index contributed by atoms with van der Waals surface area (Å²) in [6.45, 7) is 0.184. The topological polar surface area (TPSA) is 78.9 Å². The maximum Gasteiger partial charge on any atom is 0.334 e. The summed E-state index contributed by atoms with van der Waals surface area (Å²) in [5, 5.41) is 11.3. The molecule has 1 unspecified atom stereocenters. The van der Waals surface area contributed by atoms with Crippen LogP contribution in [0, 0.1) is 11.6 Å². The van der Waals surface area contributed by atoms with E-state index in [4.69, 9.17) is 9.84 Å². The number of nitrogens with zero attached hydrogens (tertiary/aromatic N) is 1. The Morgan fingerprint density at radius 3 is 2.86 bits per heavy atom. The zero-order valence-electron chi connectivity index (χ0n) is 11.0. The summed E-state index contributed by atoms with van der Waals surface area (Å²) < 4.78 is 31.2. The molecular formula is C13H14F2N2O4. The van der Waals surface area contributed by atoms with Crippen molar-refractivity contribution in [2.45, 2.75) is 12.6 Å². The molecule has 0 saturated carbocycles. The number of amides is 2. The fourth-order valence-corrected chi connectivity index (χ4v) is 1.93. The number of urea groups is 1. The lowest BCUT2D eigenvalue weighted by Crippen LogP contribution is -2.51. The van der Waals surface area contributed by atoms with E-state index in [1.54, 1.807) is 0 Å². The Balaban J connectivity index is 1.90. The molecule has 1 atom stereocenters.